The second-order valence-corrected chi connectivity index (χ2v) is 9.50. The number of nitrogens with two attached hydrogens (primary N) is 2. The van der Waals surface area contributed by atoms with E-state index < -0.39 is 11.7 Å². The molecule has 228 valence electrons. The molecule has 0 aromatic carbocycles. The summed E-state index contributed by atoms with van der Waals surface area (Å²) in [6.07, 6.45) is 8.76. The number of aromatic nitrogens is 4. The second-order valence-electron chi connectivity index (χ2n) is 9.50. The second kappa shape index (κ2) is 17.2. The van der Waals surface area contributed by atoms with Crippen molar-refractivity contribution in [3.8, 4) is 11.4 Å². The van der Waals surface area contributed by atoms with Gasteiger partial charge >= 0.3 is 0 Å². The van der Waals surface area contributed by atoms with Crippen LogP contribution in [0.4, 0.5) is 14.6 Å². The van der Waals surface area contributed by atoms with Gasteiger partial charge in [-0.1, -0.05) is 32.9 Å². The summed E-state index contributed by atoms with van der Waals surface area (Å²) in [7, 11) is 1.53. The Morgan fingerprint density at radius 2 is 1.88 bits per heavy atom. The van der Waals surface area contributed by atoms with Crippen molar-refractivity contribution in [1.29, 1.82) is 0 Å². The lowest BCUT2D eigenvalue weighted by Gasteiger charge is -2.10. The number of amidine groups is 1. The first kappa shape index (κ1) is 34.3. The van der Waals surface area contributed by atoms with Crippen LogP contribution in [0.5, 0.6) is 0 Å². The van der Waals surface area contributed by atoms with Crippen molar-refractivity contribution in [3.05, 3.63) is 88.8 Å². The van der Waals surface area contributed by atoms with Gasteiger partial charge in [0.1, 0.15) is 11.7 Å². The number of hydrogen-bond acceptors (Lipinski definition) is 8. The molecule has 0 radical (unpaired) electrons. The van der Waals surface area contributed by atoms with Gasteiger partial charge in [-0.25, -0.2) is 28.7 Å². The van der Waals surface area contributed by atoms with Gasteiger partial charge in [0.25, 0.3) is 5.91 Å². The van der Waals surface area contributed by atoms with Gasteiger partial charge < -0.3 is 16.8 Å². The molecule has 1 amide bonds. The third-order valence-electron chi connectivity index (χ3n) is 6.09. The standard InChI is InChI=1S/C26H31FN8O.C5H8FN/c1-5-15(3)21-8-7-17(12-30-21)13-32-26(36)24-20(27)10-18(14-31-24)25-33-16(4)9-23(35-25)34-22(29)11-19(28)6-2;1-3-5(6)4-7-2/h7-12,14-15H,5-6,13,28H2,1-4H3,(H,32,36)(H2,29,33,34,35);3-4H,1-2H3/b19-11-;5-3+,7-4?. The third kappa shape index (κ3) is 11.1. The lowest BCUT2D eigenvalue weighted by molar-refractivity contribution is 0.0941. The lowest BCUT2D eigenvalue weighted by Crippen LogP contribution is -2.25. The largest absolute Gasteiger partial charge is 0.402 e. The first-order chi connectivity index (χ1) is 20.5. The van der Waals surface area contributed by atoms with E-state index >= 15 is 0 Å². The monoisotopic (exact) mass is 591 g/mol. The molecule has 0 aliphatic rings. The summed E-state index contributed by atoms with van der Waals surface area (Å²) < 4.78 is 26.7. The van der Waals surface area contributed by atoms with Gasteiger partial charge in [-0.05, 0) is 56.4 Å². The number of rotatable bonds is 10. The van der Waals surface area contributed by atoms with Crippen LogP contribution in [-0.4, -0.2) is 44.9 Å². The van der Waals surface area contributed by atoms with Crippen LogP contribution in [-0.2, 0) is 6.54 Å². The van der Waals surface area contributed by atoms with Crippen molar-refractivity contribution in [2.75, 3.05) is 7.05 Å². The van der Waals surface area contributed by atoms with Gasteiger partial charge in [0.05, 0.1) is 6.21 Å². The van der Waals surface area contributed by atoms with E-state index in [9.17, 15) is 13.6 Å². The van der Waals surface area contributed by atoms with E-state index in [2.05, 4.69) is 49.1 Å². The minimum Gasteiger partial charge on any atom is -0.402 e. The Morgan fingerprint density at radius 3 is 2.44 bits per heavy atom. The van der Waals surface area contributed by atoms with Crippen molar-refractivity contribution in [3.63, 3.8) is 0 Å². The average molecular weight is 592 g/mol. The van der Waals surface area contributed by atoms with E-state index in [4.69, 9.17) is 11.5 Å². The number of nitrogens with zero attached hydrogens (tertiary/aromatic N) is 6. The van der Waals surface area contributed by atoms with Crippen LogP contribution in [0.3, 0.4) is 0 Å². The van der Waals surface area contributed by atoms with Crippen molar-refractivity contribution >= 4 is 23.8 Å². The van der Waals surface area contributed by atoms with E-state index in [-0.39, 0.29) is 29.7 Å². The summed E-state index contributed by atoms with van der Waals surface area (Å²) in [6, 6.07) is 6.65. The van der Waals surface area contributed by atoms with E-state index in [1.54, 1.807) is 32.2 Å². The molecular weight excluding hydrogens is 552 g/mol. The van der Waals surface area contributed by atoms with Crippen LogP contribution in [0.1, 0.15) is 73.9 Å². The van der Waals surface area contributed by atoms with Crippen molar-refractivity contribution in [1.82, 2.24) is 25.3 Å². The van der Waals surface area contributed by atoms with E-state index in [1.807, 2.05) is 19.1 Å². The highest BCUT2D eigenvalue weighted by molar-refractivity contribution is 5.94. The first-order valence-corrected chi connectivity index (χ1v) is 13.8. The predicted molar refractivity (Wildman–Crippen MR) is 167 cm³/mol. The van der Waals surface area contributed by atoms with Crippen molar-refractivity contribution in [2.24, 2.45) is 21.5 Å². The molecule has 3 aromatic rings. The summed E-state index contributed by atoms with van der Waals surface area (Å²) in [5.41, 5.74) is 14.7. The van der Waals surface area contributed by atoms with E-state index in [0.29, 0.717) is 35.1 Å². The molecule has 10 nitrogen and oxygen atoms in total. The van der Waals surface area contributed by atoms with Gasteiger partial charge in [0.2, 0.25) is 0 Å². The fourth-order valence-electron chi connectivity index (χ4n) is 3.43. The number of pyridine rings is 2. The molecule has 3 aromatic heterocycles. The van der Waals surface area contributed by atoms with Gasteiger partial charge in [0.15, 0.2) is 23.2 Å². The smallest absolute Gasteiger partial charge is 0.273 e. The fourth-order valence-corrected chi connectivity index (χ4v) is 3.43. The average Bonchev–Trinajstić information content (AvgIpc) is 2.99. The minimum atomic E-state index is -0.788. The zero-order chi connectivity index (χ0) is 31.9. The normalized spacial score (nSPS) is 13.0. The van der Waals surface area contributed by atoms with Crippen LogP contribution in [0.25, 0.3) is 11.4 Å². The third-order valence-corrected chi connectivity index (χ3v) is 6.09. The van der Waals surface area contributed by atoms with E-state index in [0.717, 1.165) is 17.7 Å². The van der Waals surface area contributed by atoms with Crippen LogP contribution in [0, 0.1) is 12.7 Å². The maximum absolute atomic E-state index is 14.8. The Kier molecular flexibility index (Phi) is 13.7. The number of nitrogens with one attached hydrogen (secondary N) is 1. The molecule has 0 aliphatic carbocycles. The highest BCUT2D eigenvalue weighted by atomic mass is 19.1. The molecule has 0 spiro atoms. The number of carbonyl (C=O) groups excluding carboxylic acids is 1. The molecule has 0 saturated carbocycles. The topological polar surface area (TPSA) is 157 Å². The van der Waals surface area contributed by atoms with E-state index in [1.165, 1.54) is 31.6 Å². The number of carbonyl (C=O) groups is 1. The Bertz CT molecular complexity index is 1500. The first-order valence-electron chi connectivity index (χ1n) is 13.8. The fraction of sp³-hybridized carbons (Fsp3) is 0.323. The molecule has 0 aliphatic heterocycles. The van der Waals surface area contributed by atoms with Crippen molar-refractivity contribution in [2.45, 2.75) is 59.9 Å². The van der Waals surface area contributed by atoms with Crippen LogP contribution in [0.15, 0.2) is 70.3 Å². The molecule has 0 fully saturated rings. The van der Waals surface area contributed by atoms with Gasteiger partial charge in [-0.2, -0.15) is 0 Å². The predicted octanol–water partition coefficient (Wildman–Crippen LogP) is 5.63. The molecule has 1 atom stereocenters. The Hall–Kier alpha value is -4.87. The van der Waals surface area contributed by atoms with Crippen LogP contribution >= 0.6 is 0 Å². The van der Waals surface area contributed by atoms with Gasteiger partial charge in [0, 0.05) is 54.7 Å². The highest BCUT2D eigenvalue weighted by Crippen LogP contribution is 2.21. The molecule has 3 heterocycles. The molecule has 0 bridgehead atoms. The molecule has 12 heteroatoms. The Morgan fingerprint density at radius 1 is 1.14 bits per heavy atom. The number of aryl methyl sites for hydroxylation is 1. The molecule has 5 N–H and O–H groups in total. The number of aliphatic imine (C=N–C) groups is 2. The molecular formula is C31H39F2N9O. The summed E-state index contributed by atoms with van der Waals surface area (Å²) in [5, 5.41) is 2.68. The number of amides is 1. The molecule has 3 rings (SSSR count). The lowest BCUT2D eigenvalue weighted by atomic mass is 10.0. The Balaban J connectivity index is 0.000000821. The summed E-state index contributed by atoms with van der Waals surface area (Å²) in [6.45, 7) is 9.69. The van der Waals surface area contributed by atoms with Crippen molar-refractivity contribution < 1.29 is 13.6 Å². The number of allylic oxidation sites excluding steroid dienone is 3. The molecule has 43 heavy (non-hydrogen) atoms. The quantitative estimate of drug-likeness (QED) is 0.204. The maximum atomic E-state index is 14.8. The van der Waals surface area contributed by atoms with Gasteiger partial charge in [-0.3, -0.25) is 14.8 Å². The maximum Gasteiger partial charge on any atom is 0.273 e. The highest BCUT2D eigenvalue weighted by Gasteiger charge is 2.16. The summed E-state index contributed by atoms with van der Waals surface area (Å²) in [5.74, 6) is -0.649. The zero-order valence-corrected chi connectivity index (χ0v) is 25.4. The van der Waals surface area contributed by atoms with Gasteiger partial charge in [-0.15, -0.1) is 0 Å². The number of hydrogen-bond donors (Lipinski definition) is 3. The summed E-state index contributed by atoms with van der Waals surface area (Å²) >= 11 is 0. The number of halogens is 2. The SMILES string of the molecule is C/C=C(/F)C=NC.CC/C(N)=C/C(N)=Nc1cc(C)nc(-c2cnc(C(=O)NCc3ccc(C(C)CC)nc3)c(F)c2)n1. The van der Waals surface area contributed by atoms with Crippen LogP contribution in [0.2, 0.25) is 0 Å². The zero-order valence-electron chi connectivity index (χ0n) is 25.4. The molecule has 1 unspecified atom stereocenters. The summed E-state index contributed by atoms with van der Waals surface area (Å²) in [4.78, 5) is 37.3. The van der Waals surface area contributed by atoms with Crippen LogP contribution < -0.4 is 16.8 Å². The minimum absolute atomic E-state index is 0.194. The Labute approximate surface area is 251 Å². The molecule has 0 saturated heterocycles.